The van der Waals surface area contributed by atoms with Crippen LogP contribution in [0.25, 0.3) is 5.57 Å². The monoisotopic (exact) mass is 431 g/mol. The second kappa shape index (κ2) is 9.96. The van der Waals surface area contributed by atoms with Crippen molar-refractivity contribution in [1.29, 1.82) is 0 Å². The van der Waals surface area contributed by atoms with Gasteiger partial charge in [0.1, 0.15) is 5.75 Å². The number of carbonyl (C=O) groups is 1. The fourth-order valence-corrected chi connectivity index (χ4v) is 3.71. The molecule has 1 N–H and O–H groups in total. The molecule has 1 saturated heterocycles. The smallest absolute Gasteiger partial charge is 0.331 e. The van der Waals surface area contributed by atoms with Crippen LogP contribution in [-0.4, -0.2) is 29.0 Å². The summed E-state index contributed by atoms with van der Waals surface area (Å²) in [5.74, 6) is 0.554. The van der Waals surface area contributed by atoms with E-state index in [0.717, 1.165) is 36.0 Å². The van der Waals surface area contributed by atoms with Gasteiger partial charge in [-0.25, -0.2) is 9.78 Å². The molecule has 1 fully saturated rings. The summed E-state index contributed by atoms with van der Waals surface area (Å²) in [7, 11) is 0. The third-order valence-corrected chi connectivity index (χ3v) is 5.31. The Labute approximate surface area is 181 Å². The second-order valence-electron chi connectivity index (χ2n) is 7.21. The van der Waals surface area contributed by atoms with Gasteiger partial charge in [-0.1, -0.05) is 18.5 Å². The minimum absolute atomic E-state index is 0.230. The first-order valence-corrected chi connectivity index (χ1v) is 10.4. The average Bonchev–Trinajstić information content (AvgIpc) is 2.73. The molecule has 2 aromatic rings. The Kier molecular flexibility index (Phi) is 7.34. The van der Waals surface area contributed by atoms with Crippen LogP contribution in [0, 0.1) is 6.92 Å². The zero-order valence-electron chi connectivity index (χ0n) is 17.4. The fraction of sp³-hybridized carbons (Fsp3) is 0.391. The number of rotatable bonds is 7. The molecule has 0 bridgehead atoms. The van der Waals surface area contributed by atoms with Gasteiger partial charge in [-0.05, 0) is 68.0 Å². The summed E-state index contributed by atoms with van der Waals surface area (Å²) in [6.07, 6.45) is 4.98. The van der Waals surface area contributed by atoms with E-state index in [0.29, 0.717) is 41.0 Å². The number of ether oxygens (including phenoxy) is 3. The van der Waals surface area contributed by atoms with Crippen molar-refractivity contribution >= 4 is 23.1 Å². The lowest BCUT2D eigenvalue weighted by molar-refractivity contribution is -0.132. The maximum Gasteiger partial charge on any atom is 0.331 e. The molecule has 1 aromatic carbocycles. The summed E-state index contributed by atoms with van der Waals surface area (Å²) < 4.78 is 17.3. The molecular formula is C23H26ClNO5. The molecule has 160 valence electrons. The van der Waals surface area contributed by atoms with Gasteiger partial charge >= 0.3 is 5.97 Å². The summed E-state index contributed by atoms with van der Waals surface area (Å²) in [6.45, 7) is 6.10. The van der Waals surface area contributed by atoms with Gasteiger partial charge < -0.3 is 19.3 Å². The molecule has 3 rings (SSSR count). The number of benzene rings is 1. The number of aliphatic carboxylic acids is 1. The highest BCUT2D eigenvalue weighted by molar-refractivity contribution is 6.32. The Morgan fingerprint density at radius 1 is 1.33 bits per heavy atom. The van der Waals surface area contributed by atoms with Crippen LogP contribution < -0.4 is 9.47 Å². The predicted octanol–water partition coefficient (Wildman–Crippen LogP) is 6.01. The minimum Gasteiger partial charge on any atom is -0.478 e. The first-order valence-electron chi connectivity index (χ1n) is 10.0. The van der Waals surface area contributed by atoms with Gasteiger partial charge in [0.2, 0.25) is 5.88 Å². The van der Waals surface area contributed by atoms with Crippen molar-refractivity contribution in [2.24, 2.45) is 0 Å². The molecular weight excluding hydrogens is 406 g/mol. The van der Waals surface area contributed by atoms with Gasteiger partial charge in [0, 0.05) is 18.1 Å². The molecule has 6 nitrogen and oxygen atoms in total. The molecule has 1 aromatic heterocycles. The Bertz CT molecular complexity index is 910. The van der Waals surface area contributed by atoms with Gasteiger partial charge in [-0.15, -0.1) is 0 Å². The van der Waals surface area contributed by atoms with E-state index in [2.05, 4.69) is 4.98 Å². The lowest BCUT2D eigenvalue weighted by Crippen LogP contribution is -2.24. The SMILES string of the molecule is CCC(=C(C)C(=O)O)c1cc(C)c(Oc2ccc(OC3CCCCO3)cn2)c(Cl)c1. The number of aryl methyl sites for hydroxylation is 1. The molecule has 0 saturated carbocycles. The number of hydrogen-bond acceptors (Lipinski definition) is 5. The Balaban J connectivity index is 1.76. The Morgan fingerprint density at radius 3 is 2.70 bits per heavy atom. The molecule has 0 spiro atoms. The lowest BCUT2D eigenvalue weighted by Gasteiger charge is -2.23. The van der Waals surface area contributed by atoms with Crippen molar-refractivity contribution in [2.45, 2.75) is 52.7 Å². The van der Waals surface area contributed by atoms with Crippen LogP contribution in [0.15, 0.2) is 36.0 Å². The van der Waals surface area contributed by atoms with Crippen molar-refractivity contribution in [3.05, 3.63) is 52.2 Å². The number of carboxylic acid groups (broad SMARTS) is 1. The largest absolute Gasteiger partial charge is 0.478 e. The van der Waals surface area contributed by atoms with Gasteiger partial charge in [-0.3, -0.25) is 0 Å². The molecule has 0 radical (unpaired) electrons. The number of nitrogens with zero attached hydrogens (tertiary/aromatic N) is 1. The molecule has 1 aliphatic heterocycles. The highest BCUT2D eigenvalue weighted by atomic mass is 35.5. The van der Waals surface area contributed by atoms with Crippen LogP contribution in [0.3, 0.4) is 0 Å². The zero-order chi connectivity index (χ0) is 21.7. The van der Waals surface area contributed by atoms with E-state index in [-0.39, 0.29) is 6.29 Å². The molecule has 1 unspecified atom stereocenters. The highest BCUT2D eigenvalue weighted by Gasteiger charge is 2.17. The van der Waals surface area contributed by atoms with Crippen molar-refractivity contribution in [3.63, 3.8) is 0 Å². The van der Waals surface area contributed by atoms with Crippen molar-refractivity contribution in [1.82, 2.24) is 4.98 Å². The van der Waals surface area contributed by atoms with Crippen LogP contribution in [0.4, 0.5) is 0 Å². The first-order chi connectivity index (χ1) is 14.4. The van der Waals surface area contributed by atoms with E-state index in [4.69, 9.17) is 25.8 Å². The van der Waals surface area contributed by atoms with Gasteiger partial charge in [0.25, 0.3) is 0 Å². The molecule has 1 aliphatic rings. The maximum absolute atomic E-state index is 11.4. The van der Waals surface area contributed by atoms with Crippen LogP contribution in [0.5, 0.6) is 17.4 Å². The summed E-state index contributed by atoms with van der Waals surface area (Å²) in [4.78, 5) is 15.7. The van der Waals surface area contributed by atoms with Crippen LogP contribution in [0.1, 0.15) is 50.7 Å². The Morgan fingerprint density at radius 2 is 2.13 bits per heavy atom. The van der Waals surface area contributed by atoms with E-state index in [1.54, 1.807) is 31.3 Å². The molecule has 1 atom stereocenters. The average molecular weight is 432 g/mol. The molecule has 7 heteroatoms. The zero-order valence-corrected chi connectivity index (χ0v) is 18.2. The molecule has 30 heavy (non-hydrogen) atoms. The number of hydrogen-bond donors (Lipinski definition) is 1. The third kappa shape index (κ3) is 5.32. The Hall–Kier alpha value is -2.57. The van der Waals surface area contributed by atoms with Crippen LogP contribution in [0.2, 0.25) is 5.02 Å². The van der Waals surface area contributed by atoms with Crippen LogP contribution >= 0.6 is 11.6 Å². The quantitative estimate of drug-likeness (QED) is 0.541. The van der Waals surface area contributed by atoms with Crippen molar-refractivity contribution in [2.75, 3.05) is 6.61 Å². The standard InChI is InChI=1S/C23H26ClNO5/c1-4-18(15(3)23(26)27)16-11-14(2)22(19(24)12-16)30-20-9-8-17(13-25-20)29-21-7-5-6-10-28-21/h8-9,11-13,21H,4-7,10H2,1-3H3,(H,26,27). The number of halogens is 1. The summed E-state index contributed by atoms with van der Waals surface area (Å²) in [5, 5.41) is 9.71. The van der Waals surface area contributed by atoms with Crippen molar-refractivity contribution < 1.29 is 24.1 Å². The van der Waals surface area contributed by atoms with E-state index in [1.807, 2.05) is 19.9 Å². The normalized spacial score (nSPS) is 17.3. The minimum atomic E-state index is -0.939. The van der Waals surface area contributed by atoms with Gasteiger partial charge in [0.05, 0.1) is 17.8 Å². The number of carboxylic acids is 1. The first kappa shape index (κ1) is 22.1. The van der Waals surface area contributed by atoms with Crippen LogP contribution in [-0.2, 0) is 9.53 Å². The number of aromatic nitrogens is 1. The predicted molar refractivity (Wildman–Crippen MR) is 115 cm³/mol. The molecule has 2 heterocycles. The number of allylic oxidation sites excluding steroid dienone is 1. The van der Waals surface area contributed by atoms with E-state index < -0.39 is 5.97 Å². The second-order valence-corrected chi connectivity index (χ2v) is 7.62. The summed E-state index contributed by atoms with van der Waals surface area (Å²) in [6, 6.07) is 7.11. The van der Waals surface area contributed by atoms with Crippen molar-refractivity contribution in [3.8, 4) is 17.4 Å². The maximum atomic E-state index is 11.4. The van der Waals surface area contributed by atoms with E-state index >= 15 is 0 Å². The highest BCUT2D eigenvalue weighted by Crippen LogP contribution is 2.36. The topological polar surface area (TPSA) is 77.9 Å². The van der Waals surface area contributed by atoms with E-state index in [1.165, 1.54) is 0 Å². The van der Waals surface area contributed by atoms with Gasteiger partial charge in [0.15, 0.2) is 12.0 Å². The third-order valence-electron chi connectivity index (χ3n) is 5.03. The van der Waals surface area contributed by atoms with E-state index in [9.17, 15) is 9.90 Å². The lowest BCUT2D eigenvalue weighted by atomic mass is 9.96. The molecule has 0 aliphatic carbocycles. The number of pyridine rings is 1. The fourth-order valence-electron chi connectivity index (χ4n) is 3.41. The van der Waals surface area contributed by atoms with Gasteiger partial charge in [-0.2, -0.15) is 0 Å². The summed E-state index contributed by atoms with van der Waals surface area (Å²) in [5.41, 5.74) is 2.61. The molecule has 0 amide bonds. The summed E-state index contributed by atoms with van der Waals surface area (Å²) >= 11 is 6.47.